The average molecular weight is 620 g/mol. The van der Waals surface area contributed by atoms with Gasteiger partial charge in [-0.15, -0.1) is 10.2 Å². The fourth-order valence-corrected chi connectivity index (χ4v) is 7.43. The number of hydrogen-bond acceptors (Lipinski definition) is 7. The number of benzene rings is 4. The molecule has 1 N–H and O–H groups in total. The van der Waals surface area contributed by atoms with E-state index in [0.29, 0.717) is 26.4 Å². The van der Waals surface area contributed by atoms with Crippen molar-refractivity contribution in [3.8, 4) is 0 Å². The van der Waals surface area contributed by atoms with E-state index in [2.05, 4.69) is 55.2 Å². The Morgan fingerprint density at radius 3 is 2.41 bits per heavy atom. The lowest BCUT2D eigenvalue weighted by atomic mass is 9.85. The Labute approximate surface area is 265 Å². The number of carbonyl (C=O) groups is 2. The van der Waals surface area contributed by atoms with Crippen molar-refractivity contribution in [3.63, 3.8) is 0 Å². The maximum absolute atomic E-state index is 13.7. The van der Waals surface area contributed by atoms with Crippen LogP contribution in [0.15, 0.2) is 94.8 Å². The standard InChI is InChI=1S/C36H33N3O3S2/c1-21-13-14-22(2)28(19-21)31(40)29-30(24-15-17-26(18-16-24)36(3,4)5)39(33(42)32(29)41)34-37-38-35(44-34)43-20-25-11-8-10-23-9-6-7-12-27(23)25/h6-19,30,40H,20H2,1-5H3/b31-29+. The van der Waals surface area contributed by atoms with Gasteiger partial charge in [-0.3, -0.25) is 14.5 Å². The number of amides is 1. The van der Waals surface area contributed by atoms with E-state index < -0.39 is 17.7 Å². The van der Waals surface area contributed by atoms with Crippen LogP contribution in [0.3, 0.4) is 0 Å². The molecule has 0 radical (unpaired) electrons. The predicted molar refractivity (Wildman–Crippen MR) is 179 cm³/mol. The van der Waals surface area contributed by atoms with Gasteiger partial charge in [0, 0.05) is 11.3 Å². The summed E-state index contributed by atoms with van der Waals surface area (Å²) < 4.78 is 0.686. The van der Waals surface area contributed by atoms with E-state index in [0.717, 1.165) is 16.7 Å². The summed E-state index contributed by atoms with van der Waals surface area (Å²) in [4.78, 5) is 28.8. The number of fused-ring (bicyclic) bond motifs is 1. The number of Topliss-reactive ketones (excluding diaryl/α,β-unsaturated/α-hetero) is 1. The summed E-state index contributed by atoms with van der Waals surface area (Å²) >= 11 is 2.81. The fourth-order valence-electron chi connectivity index (χ4n) is 5.56. The Hall–Kier alpha value is -4.27. The van der Waals surface area contributed by atoms with Crippen LogP contribution >= 0.6 is 23.1 Å². The van der Waals surface area contributed by atoms with Crippen molar-refractivity contribution >= 4 is 56.5 Å². The Morgan fingerprint density at radius 1 is 0.932 bits per heavy atom. The summed E-state index contributed by atoms with van der Waals surface area (Å²) in [5, 5.41) is 23.1. The van der Waals surface area contributed by atoms with Crippen LogP contribution in [-0.4, -0.2) is 27.0 Å². The van der Waals surface area contributed by atoms with Crippen molar-refractivity contribution in [2.24, 2.45) is 0 Å². The number of rotatable bonds is 6. The summed E-state index contributed by atoms with van der Waals surface area (Å²) in [6.07, 6.45) is 0. The molecule has 6 nitrogen and oxygen atoms in total. The van der Waals surface area contributed by atoms with Crippen LogP contribution in [-0.2, 0) is 20.8 Å². The molecule has 0 aliphatic carbocycles. The molecular formula is C36H33N3O3S2. The van der Waals surface area contributed by atoms with Crippen LogP contribution < -0.4 is 4.90 Å². The Balaban J connectivity index is 1.40. The first-order valence-electron chi connectivity index (χ1n) is 14.4. The number of aryl methyl sites for hydroxylation is 2. The monoisotopic (exact) mass is 619 g/mol. The third-order valence-corrected chi connectivity index (χ3v) is 10.1. The van der Waals surface area contributed by atoms with Gasteiger partial charge in [-0.05, 0) is 58.4 Å². The quantitative estimate of drug-likeness (QED) is 0.0674. The minimum absolute atomic E-state index is 0.0485. The number of anilines is 1. The van der Waals surface area contributed by atoms with Gasteiger partial charge >= 0.3 is 5.91 Å². The molecule has 1 amide bonds. The lowest BCUT2D eigenvalue weighted by Crippen LogP contribution is -2.29. The molecule has 0 spiro atoms. The van der Waals surface area contributed by atoms with Gasteiger partial charge in [-0.1, -0.05) is 128 Å². The number of ketones is 1. The number of aromatic nitrogens is 2. The molecule has 2 heterocycles. The molecule has 1 aliphatic rings. The van der Waals surface area contributed by atoms with Crippen molar-refractivity contribution in [3.05, 3.63) is 124 Å². The molecule has 1 atom stereocenters. The average Bonchev–Trinajstić information content (AvgIpc) is 3.58. The van der Waals surface area contributed by atoms with Crippen molar-refractivity contribution in [2.45, 2.75) is 56.2 Å². The zero-order valence-corrected chi connectivity index (χ0v) is 26.9. The van der Waals surface area contributed by atoms with Gasteiger partial charge in [0.2, 0.25) is 5.13 Å². The smallest absolute Gasteiger partial charge is 0.301 e. The van der Waals surface area contributed by atoms with Crippen molar-refractivity contribution in [2.75, 3.05) is 4.90 Å². The summed E-state index contributed by atoms with van der Waals surface area (Å²) in [7, 11) is 0. The van der Waals surface area contributed by atoms with Crippen LogP contribution in [0, 0.1) is 13.8 Å². The molecule has 1 aliphatic heterocycles. The number of nitrogens with zero attached hydrogens (tertiary/aromatic N) is 3. The number of aliphatic hydroxyl groups excluding tert-OH is 1. The van der Waals surface area contributed by atoms with E-state index in [1.807, 2.05) is 74.5 Å². The molecular weight excluding hydrogens is 587 g/mol. The van der Waals surface area contributed by atoms with Gasteiger partial charge in [0.05, 0.1) is 11.6 Å². The minimum Gasteiger partial charge on any atom is -0.507 e. The summed E-state index contributed by atoms with van der Waals surface area (Å²) in [6.45, 7) is 10.2. The van der Waals surface area contributed by atoms with E-state index in [1.54, 1.807) is 0 Å². The molecule has 6 rings (SSSR count). The normalized spacial score (nSPS) is 16.7. The second-order valence-corrected chi connectivity index (χ2v) is 14.3. The van der Waals surface area contributed by atoms with Crippen LogP contribution in [0.1, 0.15) is 60.2 Å². The Kier molecular flexibility index (Phi) is 7.90. The topological polar surface area (TPSA) is 83.4 Å². The van der Waals surface area contributed by atoms with Gasteiger partial charge in [0.25, 0.3) is 5.78 Å². The minimum atomic E-state index is -0.854. The second-order valence-electron chi connectivity index (χ2n) is 12.1. The number of hydrogen-bond donors (Lipinski definition) is 1. The summed E-state index contributed by atoms with van der Waals surface area (Å²) in [6, 6.07) is 27.2. The third kappa shape index (κ3) is 5.55. The fraction of sp³-hybridized carbons (Fsp3) is 0.222. The highest BCUT2D eigenvalue weighted by Gasteiger charge is 2.48. The molecule has 8 heteroatoms. The highest BCUT2D eigenvalue weighted by molar-refractivity contribution is 8.00. The Bertz CT molecular complexity index is 1930. The number of carbonyl (C=O) groups excluding carboxylic acids is 2. The maximum atomic E-state index is 13.7. The van der Waals surface area contributed by atoms with Crippen LogP contribution in [0.25, 0.3) is 16.5 Å². The molecule has 0 saturated carbocycles. The van der Waals surface area contributed by atoms with E-state index in [1.165, 1.54) is 44.3 Å². The first-order chi connectivity index (χ1) is 21.0. The van der Waals surface area contributed by atoms with Gasteiger partial charge in [0.1, 0.15) is 5.76 Å². The zero-order chi connectivity index (χ0) is 31.2. The lowest BCUT2D eigenvalue weighted by molar-refractivity contribution is -0.132. The van der Waals surface area contributed by atoms with E-state index >= 15 is 0 Å². The van der Waals surface area contributed by atoms with E-state index in [4.69, 9.17) is 0 Å². The summed E-state index contributed by atoms with van der Waals surface area (Å²) in [5.74, 6) is -0.983. The van der Waals surface area contributed by atoms with Crippen molar-refractivity contribution in [1.82, 2.24) is 10.2 Å². The maximum Gasteiger partial charge on any atom is 0.301 e. The van der Waals surface area contributed by atoms with E-state index in [9.17, 15) is 14.7 Å². The van der Waals surface area contributed by atoms with Gasteiger partial charge in [-0.25, -0.2) is 0 Å². The van der Waals surface area contributed by atoms with Crippen LogP contribution in [0.4, 0.5) is 5.13 Å². The zero-order valence-electron chi connectivity index (χ0n) is 25.3. The van der Waals surface area contributed by atoms with E-state index in [-0.39, 0.29) is 16.7 Å². The molecule has 1 unspecified atom stereocenters. The molecule has 44 heavy (non-hydrogen) atoms. The van der Waals surface area contributed by atoms with Crippen molar-refractivity contribution in [1.29, 1.82) is 0 Å². The second kappa shape index (κ2) is 11.7. The van der Waals surface area contributed by atoms with Crippen molar-refractivity contribution < 1.29 is 14.7 Å². The molecule has 5 aromatic rings. The van der Waals surface area contributed by atoms with Gasteiger partial charge in [-0.2, -0.15) is 0 Å². The largest absolute Gasteiger partial charge is 0.507 e. The lowest BCUT2D eigenvalue weighted by Gasteiger charge is -2.24. The third-order valence-electron chi connectivity index (χ3n) is 8.02. The Morgan fingerprint density at radius 2 is 1.66 bits per heavy atom. The first-order valence-corrected chi connectivity index (χ1v) is 16.2. The molecule has 0 bridgehead atoms. The van der Waals surface area contributed by atoms with Gasteiger partial charge < -0.3 is 5.11 Å². The SMILES string of the molecule is Cc1ccc(C)c(/C(O)=C2\C(=O)C(=O)N(c3nnc(SCc4cccc5ccccc45)s3)C2c2ccc(C(C)(C)C)cc2)c1. The molecule has 1 saturated heterocycles. The highest BCUT2D eigenvalue weighted by Crippen LogP contribution is 2.45. The summed E-state index contributed by atoms with van der Waals surface area (Å²) in [5.41, 5.74) is 5.26. The molecule has 1 aromatic heterocycles. The molecule has 4 aromatic carbocycles. The number of thioether (sulfide) groups is 1. The predicted octanol–water partition coefficient (Wildman–Crippen LogP) is 8.52. The molecule has 222 valence electrons. The van der Waals surface area contributed by atoms with Gasteiger partial charge in [0.15, 0.2) is 4.34 Å². The highest BCUT2D eigenvalue weighted by atomic mass is 32.2. The first kappa shape index (κ1) is 29.8. The van der Waals surface area contributed by atoms with Crippen LogP contribution in [0.2, 0.25) is 0 Å². The molecule has 1 fully saturated rings. The number of aliphatic hydroxyl groups is 1. The van der Waals surface area contributed by atoms with Crippen LogP contribution in [0.5, 0.6) is 0 Å².